The van der Waals surface area contributed by atoms with Crippen molar-refractivity contribution in [2.75, 3.05) is 5.32 Å². The minimum atomic E-state index is -0.604. The molecule has 0 radical (unpaired) electrons. The summed E-state index contributed by atoms with van der Waals surface area (Å²) in [5.74, 6) is -0.584. The first-order valence-electron chi connectivity index (χ1n) is 12.4. The number of halogens is 1. The van der Waals surface area contributed by atoms with E-state index in [0.717, 1.165) is 45.5 Å². The zero-order valence-electron chi connectivity index (χ0n) is 20.7. The normalized spacial score (nSPS) is 13.6. The lowest BCUT2D eigenvalue weighted by Crippen LogP contribution is -2.13. The molecule has 6 nitrogen and oxygen atoms in total. The number of thiophene rings is 1. The van der Waals surface area contributed by atoms with Crippen molar-refractivity contribution < 1.29 is 23.5 Å². The van der Waals surface area contributed by atoms with Crippen LogP contribution in [0, 0.1) is 5.95 Å². The van der Waals surface area contributed by atoms with E-state index < -0.39 is 17.6 Å². The molecule has 0 unspecified atom stereocenters. The number of anilines is 1. The molecule has 194 valence electrons. The quantitative estimate of drug-likeness (QED) is 0.162. The van der Waals surface area contributed by atoms with Crippen LogP contribution in [0.25, 0.3) is 31.8 Å². The van der Waals surface area contributed by atoms with Gasteiger partial charge in [0.15, 0.2) is 0 Å². The number of rotatable bonds is 8. The number of nitrogens with zero attached hydrogens (tertiary/aromatic N) is 1. The molecule has 0 aliphatic heterocycles. The third-order valence-corrected chi connectivity index (χ3v) is 7.98. The maximum Gasteiger partial charge on any atom is 0.412 e. The molecule has 8 heteroatoms. The highest BCUT2D eigenvalue weighted by molar-refractivity contribution is 7.22. The predicted molar refractivity (Wildman–Crippen MR) is 149 cm³/mol. The lowest BCUT2D eigenvalue weighted by molar-refractivity contribution is -0.136. The number of pyridine rings is 1. The van der Waals surface area contributed by atoms with Gasteiger partial charge in [-0.1, -0.05) is 78.9 Å². The van der Waals surface area contributed by atoms with Gasteiger partial charge in [0.25, 0.3) is 6.47 Å². The van der Waals surface area contributed by atoms with Crippen molar-refractivity contribution in [2.45, 2.75) is 25.0 Å². The van der Waals surface area contributed by atoms with E-state index in [1.807, 2.05) is 78.9 Å². The highest BCUT2D eigenvalue weighted by Gasteiger charge is 2.46. The van der Waals surface area contributed by atoms with Crippen molar-refractivity contribution in [3.8, 4) is 21.6 Å². The molecule has 3 aromatic carbocycles. The van der Waals surface area contributed by atoms with E-state index in [1.54, 1.807) is 6.07 Å². The van der Waals surface area contributed by atoms with E-state index in [4.69, 9.17) is 9.47 Å². The average Bonchev–Trinajstić information content (AvgIpc) is 3.67. The summed E-state index contributed by atoms with van der Waals surface area (Å²) >= 11 is 1.30. The van der Waals surface area contributed by atoms with E-state index in [0.29, 0.717) is 22.4 Å². The molecule has 0 bridgehead atoms. The Balaban J connectivity index is 1.25. The van der Waals surface area contributed by atoms with Crippen LogP contribution in [0.3, 0.4) is 0 Å². The molecule has 1 aliphatic carbocycles. The van der Waals surface area contributed by atoms with Gasteiger partial charge in [0.2, 0.25) is 5.95 Å². The number of fused-ring (bicyclic) bond motifs is 1. The van der Waals surface area contributed by atoms with Gasteiger partial charge >= 0.3 is 6.09 Å². The van der Waals surface area contributed by atoms with E-state index in [2.05, 4.69) is 10.3 Å². The van der Waals surface area contributed by atoms with Gasteiger partial charge in [-0.15, -0.1) is 11.3 Å². The van der Waals surface area contributed by atoms with Crippen molar-refractivity contribution in [1.82, 2.24) is 4.98 Å². The lowest BCUT2D eigenvalue weighted by atomic mass is 9.99. The van der Waals surface area contributed by atoms with Gasteiger partial charge in [0.1, 0.15) is 17.0 Å². The summed E-state index contributed by atoms with van der Waals surface area (Å²) in [4.78, 5) is 28.8. The zero-order chi connectivity index (χ0) is 26.8. The molecule has 6 rings (SSSR count). The number of aromatic nitrogens is 1. The number of benzene rings is 3. The smallest absolute Gasteiger partial charge is 0.412 e. The second-order valence-corrected chi connectivity index (χ2v) is 10.3. The minimum absolute atomic E-state index is 0.132. The summed E-state index contributed by atoms with van der Waals surface area (Å²) in [6.45, 7) is 0.649. The summed E-state index contributed by atoms with van der Waals surface area (Å²) in [6.07, 6.45) is 1.07. The lowest BCUT2D eigenvalue weighted by Gasteiger charge is -2.14. The fourth-order valence-corrected chi connectivity index (χ4v) is 5.73. The maximum atomic E-state index is 13.9. The Morgan fingerprint density at radius 1 is 0.923 bits per heavy atom. The molecule has 5 aromatic rings. The second kappa shape index (κ2) is 10.3. The van der Waals surface area contributed by atoms with Crippen LogP contribution >= 0.6 is 11.3 Å². The Morgan fingerprint density at radius 3 is 2.26 bits per heavy atom. The first kappa shape index (κ1) is 24.8. The van der Waals surface area contributed by atoms with E-state index in [1.165, 1.54) is 17.4 Å². The van der Waals surface area contributed by atoms with Crippen molar-refractivity contribution in [2.24, 2.45) is 0 Å². The second-order valence-electron chi connectivity index (χ2n) is 9.34. The third kappa shape index (κ3) is 5.11. The van der Waals surface area contributed by atoms with Crippen LogP contribution in [0.4, 0.5) is 14.9 Å². The molecule has 1 N–H and O–H groups in total. The van der Waals surface area contributed by atoms with Crippen LogP contribution < -0.4 is 5.32 Å². The first-order valence-corrected chi connectivity index (χ1v) is 13.3. The monoisotopic (exact) mass is 538 g/mol. The molecule has 1 amide bonds. The Hall–Kier alpha value is -4.56. The van der Waals surface area contributed by atoms with Crippen molar-refractivity contribution >= 4 is 39.8 Å². The molecule has 1 saturated carbocycles. The molecule has 0 saturated heterocycles. The topological polar surface area (TPSA) is 77.5 Å². The molecular formula is C31H23FN2O4S. The Bertz CT molecular complexity index is 1650. The minimum Gasteiger partial charge on any atom is -0.456 e. The summed E-state index contributed by atoms with van der Waals surface area (Å²) in [6, 6.07) is 28.2. The Morgan fingerprint density at radius 2 is 1.59 bits per heavy atom. The van der Waals surface area contributed by atoms with Crippen molar-refractivity contribution in [3.05, 3.63) is 108 Å². The van der Waals surface area contributed by atoms with Gasteiger partial charge in [-0.3, -0.25) is 10.1 Å². The molecule has 1 fully saturated rings. The number of nitrogens with one attached hydrogen (secondary N) is 1. The number of hydrogen-bond donors (Lipinski definition) is 1. The number of amides is 1. The maximum absolute atomic E-state index is 13.9. The van der Waals surface area contributed by atoms with Gasteiger partial charge in [-0.2, -0.15) is 4.39 Å². The van der Waals surface area contributed by atoms with Crippen LogP contribution in [0.2, 0.25) is 0 Å². The fraction of sp³-hybridized carbons (Fsp3) is 0.129. The molecule has 39 heavy (non-hydrogen) atoms. The van der Waals surface area contributed by atoms with Gasteiger partial charge in [-0.25, -0.2) is 9.78 Å². The third-order valence-electron chi connectivity index (χ3n) is 6.83. The van der Waals surface area contributed by atoms with Crippen LogP contribution in [-0.2, 0) is 26.5 Å². The van der Waals surface area contributed by atoms with Crippen LogP contribution in [0.1, 0.15) is 24.0 Å². The predicted octanol–water partition coefficient (Wildman–Crippen LogP) is 7.68. The Kier molecular flexibility index (Phi) is 6.54. The van der Waals surface area contributed by atoms with Crippen LogP contribution in [0.5, 0.6) is 0 Å². The number of carbonyl (C=O) groups is 2. The van der Waals surface area contributed by atoms with Gasteiger partial charge in [0.05, 0.1) is 10.6 Å². The number of carbonyl (C=O) groups excluding carboxylic acids is 2. The van der Waals surface area contributed by atoms with E-state index in [-0.39, 0.29) is 6.61 Å². The summed E-state index contributed by atoms with van der Waals surface area (Å²) in [5, 5.41) is 3.49. The van der Waals surface area contributed by atoms with Gasteiger partial charge in [-0.05, 0) is 52.8 Å². The summed E-state index contributed by atoms with van der Waals surface area (Å²) in [7, 11) is 0. The van der Waals surface area contributed by atoms with Crippen molar-refractivity contribution in [3.63, 3.8) is 0 Å². The molecule has 2 aromatic heterocycles. The van der Waals surface area contributed by atoms with Crippen LogP contribution in [-0.4, -0.2) is 17.5 Å². The van der Waals surface area contributed by atoms with Gasteiger partial charge in [0, 0.05) is 5.39 Å². The Labute approximate surface area is 228 Å². The van der Waals surface area contributed by atoms with Crippen LogP contribution in [0.15, 0.2) is 91.0 Å². The van der Waals surface area contributed by atoms with Crippen molar-refractivity contribution in [1.29, 1.82) is 0 Å². The van der Waals surface area contributed by atoms with Gasteiger partial charge < -0.3 is 9.47 Å². The number of ether oxygens (including phenoxy) is 2. The highest BCUT2D eigenvalue weighted by atomic mass is 32.1. The summed E-state index contributed by atoms with van der Waals surface area (Å²) < 4.78 is 24.6. The largest absolute Gasteiger partial charge is 0.456 e. The van der Waals surface area contributed by atoms with E-state index in [9.17, 15) is 14.0 Å². The summed E-state index contributed by atoms with van der Waals surface area (Å²) in [5.41, 5.74) is 4.82. The van der Waals surface area contributed by atoms with E-state index >= 15 is 0 Å². The first-order chi connectivity index (χ1) is 19.0. The SMILES string of the molecule is O=COC1(c2ccc(-c3ccc(-c4sc5nc(F)ccc5c4NC(=O)OCc4ccccc4)cc3)cc2)CC1. The standard InChI is InChI=1S/C31H23FN2O4S/c32-26-15-14-25-27(34-30(36)37-18-20-4-2-1-3-5-20)28(39-29(25)33-26)23-8-6-21(7-9-23)22-10-12-24(13-11-22)31(16-17-31)38-19-35/h1-15,19H,16-18H2,(H,34,36). The molecule has 2 heterocycles. The molecule has 0 spiro atoms. The zero-order valence-corrected chi connectivity index (χ0v) is 21.5. The molecular weight excluding hydrogens is 515 g/mol. The molecule has 1 aliphatic rings. The number of hydrogen-bond acceptors (Lipinski definition) is 6. The highest BCUT2D eigenvalue weighted by Crippen LogP contribution is 2.49. The fourth-order valence-electron chi connectivity index (χ4n) is 4.61. The molecule has 0 atom stereocenters. The average molecular weight is 539 g/mol.